The molecule has 30 heavy (non-hydrogen) atoms. The minimum atomic E-state index is 0.740. The number of benzene rings is 2. The van der Waals surface area contributed by atoms with Gasteiger partial charge in [-0.25, -0.2) is 9.97 Å². The SMILES string of the molecule is CCc1ccccc1-c1csc2cnc(Cc3ccc(N4CCOCC4)cc3)nc12. The fraction of sp³-hybridized carbons (Fsp3) is 0.280. The molecule has 0 N–H and O–H groups in total. The van der Waals surface area contributed by atoms with E-state index in [-0.39, 0.29) is 0 Å². The molecular formula is C25H25N3OS. The largest absolute Gasteiger partial charge is 0.378 e. The number of hydrogen-bond donors (Lipinski definition) is 0. The number of aromatic nitrogens is 2. The lowest BCUT2D eigenvalue weighted by Crippen LogP contribution is -2.36. The summed E-state index contributed by atoms with van der Waals surface area (Å²) < 4.78 is 6.59. The predicted molar refractivity (Wildman–Crippen MR) is 125 cm³/mol. The topological polar surface area (TPSA) is 38.2 Å². The average molecular weight is 416 g/mol. The van der Waals surface area contributed by atoms with E-state index in [2.05, 4.69) is 70.7 Å². The molecule has 0 atom stereocenters. The number of hydrogen-bond acceptors (Lipinski definition) is 5. The summed E-state index contributed by atoms with van der Waals surface area (Å²) in [4.78, 5) is 12.0. The summed E-state index contributed by atoms with van der Waals surface area (Å²) in [5.41, 5.74) is 7.42. The minimum absolute atomic E-state index is 0.740. The molecule has 5 heteroatoms. The molecule has 0 bridgehead atoms. The van der Waals surface area contributed by atoms with Crippen LogP contribution in [0.1, 0.15) is 23.9 Å². The highest BCUT2D eigenvalue weighted by atomic mass is 32.1. The van der Waals surface area contributed by atoms with E-state index in [1.165, 1.54) is 27.9 Å². The molecule has 2 aromatic carbocycles. The Balaban J connectivity index is 1.41. The predicted octanol–water partition coefficient (Wildman–Crippen LogP) is 5.35. The first-order valence-electron chi connectivity index (χ1n) is 10.5. The van der Waals surface area contributed by atoms with Crippen LogP contribution in [0.2, 0.25) is 0 Å². The molecule has 0 spiro atoms. The van der Waals surface area contributed by atoms with Crippen molar-refractivity contribution in [1.82, 2.24) is 9.97 Å². The van der Waals surface area contributed by atoms with Crippen molar-refractivity contribution in [2.75, 3.05) is 31.2 Å². The Hall–Kier alpha value is -2.76. The lowest BCUT2D eigenvalue weighted by molar-refractivity contribution is 0.122. The van der Waals surface area contributed by atoms with Crippen molar-refractivity contribution in [1.29, 1.82) is 0 Å². The van der Waals surface area contributed by atoms with Crippen LogP contribution in [0, 0.1) is 0 Å². The van der Waals surface area contributed by atoms with Crippen LogP contribution < -0.4 is 4.90 Å². The summed E-state index contributed by atoms with van der Waals surface area (Å²) in [7, 11) is 0. The third-order valence-corrected chi connectivity index (χ3v) is 6.63. The molecule has 0 saturated carbocycles. The Morgan fingerprint density at radius 2 is 1.80 bits per heavy atom. The zero-order valence-electron chi connectivity index (χ0n) is 17.2. The molecule has 0 aliphatic carbocycles. The summed E-state index contributed by atoms with van der Waals surface area (Å²) in [6.07, 6.45) is 3.73. The molecule has 0 unspecified atom stereocenters. The maximum absolute atomic E-state index is 5.45. The fourth-order valence-electron chi connectivity index (χ4n) is 4.06. The summed E-state index contributed by atoms with van der Waals surface area (Å²) in [5.74, 6) is 0.871. The second-order valence-corrected chi connectivity index (χ2v) is 8.51. The maximum atomic E-state index is 5.45. The highest BCUT2D eigenvalue weighted by Crippen LogP contribution is 2.34. The van der Waals surface area contributed by atoms with Gasteiger partial charge in [0.15, 0.2) is 0 Å². The summed E-state index contributed by atoms with van der Waals surface area (Å²) in [6.45, 7) is 5.73. The molecule has 1 saturated heterocycles. The van der Waals surface area contributed by atoms with Gasteiger partial charge in [0.05, 0.1) is 23.4 Å². The van der Waals surface area contributed by atoms with E-state index < -0.39 is 0 Å². The summed E-state index contributed by atoms with van der Waals surface area (Å²) in [6, 6.07) is 17.4. The molecule has 152 valence electrons. The van der Waals surface area contributed by atoms with Crippen molar-refractivity contribution >= 4 is 27.2 Å². The summed E-state index contributed by atoms with van der Waals surface area (Å²) >= 11 is 1.72. The average Bonchev–Trinajstić information content (AvgIpc) is 3.23. The first-order valence-corrected chi connectivity index (χ1v) is 11.4. The van der Waals surface area contributed by atoms with Gasteiger partial charge in [-0.15, -0.1) is 11.3 Å². The van der Waals surface area contributed by atoms with Crippen LogP contribution >= 0.6 is 11.3 Å². The summed E-state index contributed by atoms with van der Waals surface area (Å²) in [5, 5.41) is 2.22. The molecule has 3 heterocycles. The Bertz CT molecular complexity index is 1150. The monoisotopic (exact) mass is 415 g/mol. The number of ether oxygens (including phenoxy) is 1. The van der Waals surface area contributed by atoms with E-state index in [1.54, 1.807) is 11.3 Å². The van der Waals surface area contributed by atoms with Gasteiger partial charge in [-0.2, -0.15) is 0 Å². The molecule has 4 aromatic rings. The van der Waals surface area contributed by atoms with Gasteiger partial charge in [-0.3, -0.25) is 0 Å². The van der Waals surface area contributed by atoms with Gasteiger partial charge in [0.25, 0.3) is 0 Å². The zero-order valence-corrected chi connectivity index (χ0v) is 18.0. The fourth-order valence-corrected chi connectivity index (χ4v) is 4.93. The number of morpholine rings is 1. The maximum Gasteiger partial charge on any atom is 0.133 e. The van der Waals surface area contributed by atoms with Gasteiger partial charge in [0.1, 0.15) is 5.82 Å². The number of aryl methyl sites for hydroxylation is 1. The van der Waals surface area contributed by atoms with Gasteiger partial charge in [0, 0.05) is 42.3 Å². The number of fused-ring (bicyclic) bond motifs is 1. The third-order valence-electron chi connectivity index (χ3n) is 5.73. The second-order valence-electron chi connectivity index (χ2n) is 7.60. The standard InChI is InChI=1S/C25H25N3OS/c1-2-19-5-3-4-6-21(19)22-17-30-23-16-26-24(27-25(22)23)15-18-7-9-20(10-8-18)28-11-13-29-14-12-28/h3-10,16-17H,2,11-15H2,1H3. The molecule has 5 rings (SSSR count). The first kappa shape index (κ1) is 19.2. The quantitative estimate of drug-likeness (QED) is 0.440. The highest BCUT2D eigenvalue weighted by Gasteiger charge is 2.13. The van der Waals surface area contributed by atoms with Crippen LogP contribution in [0.15, 0.2) is 60.1 Å². The van der Waals surface area contributed by atoms with E-state index in [9.17, 15) is 0 Å². The van der Waals surface area contributed by atoms with Crippen LogP contribution in [0.25, 0.3) is 21.3 Å². The Labute approximate surface area is 181 Å². The van der Waals surface area contributed by atoms with Crippen molar-refractivity contribution in [2.24, 2.45) is 0 Å². The van der Waals surface area contributed by atoms with Crippen molar-refractivity contribution < 1.29 is 4.74 Å². The highest BCUT2D eigenvalue weighted by molar-refractivity contribution is 7.17. The van der Waals surface area contributed by atoms with Crippen molar-refractivity contribution in [3.8, 4) is 11.1 Å². The number of anilines is 1. The van der Waals surface area contributed by atoms with Crippen LogP contribution in [-0.4, -0.2) is 36.3 Å². The number of thiophene rings is 1. The van der Waals surface area contributed by atoms with Crippen LogP contribution in [0.3, 0.4) is 0 Å². The minimum Gasteiger partial charge on any atom is -0.378 e. The number of nitrogens with zero attached hydrogens (tertiary/aromatic N) is 3. The molecule has 1 aliphatic heterocycles. The molecule has 4 nitrogen and oxygen atoms in total. The first-order chi connectivity index (χ1) is 14.8. The van der Waals surface area contributed by atoms with E-state index in [0.29, 0.717) is 0 Å². The zero-order chi connectivity index (χ0) is 20.3. The molecule has 0 radical (unpaired) electrons. The Morgan fingerprint density at radius 1 is 1.00 bits per heavy atom. The van der Waals surface area contributed by atoms with E-state index in [4.69, 9.17) is 9.72 Å². The Kier molecular flexibility index (Phi) is 5.47. The van der Waals surface area contributed by atoms with Crippen molar-refractivity contribution in [3.63, 3.8) is 0 Å². The van der Waals surface area contributed by atoms with Crippen LogP contribution in [0.4, 0.5) is 5.69 Å². The molecule has 2 aromatic heterocycles. The Morgan fingerprint density at radius 3 is 2.60 bits per heavy atom. The lowest BCUT2D eigenvalue weighted by atomic mass is 9.99. The van der Waals surface area contributed by atoms with Gasteiger partial charge in [-0.05, 0) is 35.2 Å². The normalized spacial score (nSPS) is 14.4. The van der Waals surface area contributed by atoms with Gasteiger partial charge < -0.3 is 9.64 Å². The molecule has 0 amide bonds. The molecule has 1 aliphatic rings. The molecule has 1 fully saturated rings. The smallest absolute Gasteiger partial charge is 0.133 e. The van der Waals surface area contributed by atoms with E-state index >= 15 is 0 Å². The van der Waals surface area contributed by atoms with Crippen molar-refractivity contribution in [3.05, 3.63) is 77.1 Å². The van der Waals surface area contributed by atoms with Gasteiger partial charge in [0.2, 0.25) is 0 Å². The van der Waals surface area contributed by atoms with Crippen LogP contribution in [-0.2, 0) is 17.6 Å². The lowest BCUT2D eigenvalue weighted by Gasteiger charge is -2.28. The van der Waals surface area contributed by atoms with Gasteiger partial charge in [-0.1, -0.05) is 43.3 Å². The van der Waals surface area contributed by atoms with Crippen molar-refractivity contribution in [2.45, 2.75) is 19.8 Å². The van der Waals surface area contributed by atoms with E-state index in [0.717, 1.165) is 55.2 Å². The third kappa shape index (κ3) is 3.83. The molecular weight excluding hydrogens is 390 g/mol. The second kappa shape index (κ2) is 8.54. The van der Waals surface area contributed by atoms with E-state index in [1.807, 2.05) is 6.20 Å². The number of rotatable bonds is 5. The van der Waals surface area contributed by atoms with Gasteiger partial charge >= 0.3 is 0 Å². The van der Waals surface area contributed by atoms with Crippen LogP contribution in [0.5, 0.6) is 0 Å².